The largest absolute Gasteiger partial charge is 0.493 e. The summed E-state index contributed by atoms with van der Waals surface area (Å²) in [5.41, 5.74) is 2.39. The smallest absolute Gasteiger partial charge is 0.231 e. The second-order valence-corrected chi connectivity index (χ2v) is 7.15. The Kier molecular flexibility index (Phi) is 5.59. The number of hydrogen-bond donors (Lipinski definition) is 0. The summed E-state index contributed by atoms with van der Waals surface area (Å²) in [5, 5.41) is 0. The molecule has 1 fully saturated rings. The molecule has 2 aliphatic heterocycles. The molecule has 3 atom stereocenters. The zero-order valence-corrected chi connectivity index (χ0v) is 16.5. The molecule has 0 radical (unpaired) electrons. The summed E-state index contributed by atoms with van der Waals surface area (Å²) in [5.74, 6) is 3.68. The highest BCUT2D eigenvalue weighted by Crippen LogP contribution is 2.38. The number of benzene rings is 2. The van der Waals surface area contributed by atoms with Gasteiger partial charge < -0.3 is 28.4 Å². The fourth-order valence-corrected chi connectivity index (χ4v) is 4.05. The Hall–Kier alpha value is -2.44. The van der Waals surface area contributed by atoms with Crippen LogP contribution in [0.25, 0.3) is 0 Å². The van der Waals surface area contributed by atoms with Crippen molar-refractivity contribution in [1.82, 2.24) is 0 Å². The van der Waals surface area contributed by atoms with E-state index in [0.717, 1.165) is 35.8 Å². The lowest BCUT2D eigenvalue weighted by atomic mass is 9.84. The quantitative estimate of drug-likeness (QED) is 0.727. The third-order valence-corrected chi connectivity index (χ3v) is 5.52. The van der Waals surface area contributed by atoms with E-state index in [1.54, 1.807) is 21.3 Å². The molecule has 0 aliphatic carbocycles. The standard InChI is InChI=1S/C22H26O6/c1-23-18-6-4-14(10-20(18)24-2)8-16-12-26-22(25-3)17(16)9-15-5-7-19-21(11-15)28-13-27-19/h4-7,10-11,16-17,22H,8-9,12-13H2,1-3H3/t16-,17+,22-/m0/s1. The van der Waals surface area contributed by atoms with E-state index in [1.807, 2.05) is 18.2 Å². The van der Waals surface area contributed by atoms with Crippen molar-refractivity contribution in [2.75, 3.05) is 34.7 Å². The van der Waals surface area contributed by atoms with Crippen LogP contribution in [0, 0.1) is 11.8 Å². The Morgan fingerprint density at radius 1 is 0.857 bits per heavy atom. The van der Waals surface area contributed by atoms with Gasteiger partial charge >= 0.3 is 0 Å². The van der Waals surface area contributed by atoms with E-state index in [0.29, 0.717) is 12.5 Å². The molecule has 2 heterocycles. The fourth-order valence-electron chi connectivity index (χ4n) is 4.05. The van der Waals surface area contributed by atoms with Gasteiger partial charge in [-0.15, -0.1) is 0 Å². The first-order valence-electron chi connectivity index (χ1n) is 9.45. The summed E-state index contributed by atoms with van der Waals surface area (Å²) >= 11 is 0. The Balaban J connectivity index is 1.51. The maximum absolute atomic E-state index is 5.93. The maximum atomic E-state index is 5.93. The van der Waals surface area contributed by atoms with Gasteiger partial charge in [-0.2, -0.15) is 0 Å². The monoisotopic (exact) mass is 386 g/mol. The van der Waals surface area contributed by atoms with Crippen LogP contribution < -0.4 is 18.9 Å². The SMILES string of the molecule is COc1ccc(C[C@H]2CO[C@H](OC)[C@@H]2Cc2ccc3c(c2)OCO3)cc1OC. The lowest BCUT2D eigenvalue weighted by molar-refractivity contribution is -0.110. The van der Waals surface area contributed by atoms with Gasteiger partial charge in [-0.05, 0) is 54.2 Å². The van der Waals surface area contributed by atoms with Crippen LogP contribution in [0.15, 0.2) is 36.4 Å². The molecular formula is C22H26O6. The topological polar surface area (TPSA) is 55.4 Å². The van der Waals surface area contributed by atoms with Crippen molar-refractivity contribution >= 4 is 0 Å². The molecule has 2 aromatic rings. The molecule has 0 unspecified atom stereocenters. The van der Waals surface area contributed by atoms with Gasteiger partial charge in [0.2, 0.25) is 6.79 Å². The highest BCUT2D eigenvalue weighted by molar-refractivity contribution is 5.45. The molecule has 0 amide bonds. The normalized spacial score (nSPS) is 23.0. The molecule has 2 aliphatic rings. The molecular weight excluding hydrogens is 360 g/mol. The van der Waals surface area contributed by atoms with Crippen LogP contribution in [-0.2, 0) is 22.3 Å². The van der Waals surface area contributed by atoms with Gasteiger partial charge in [0.1, 0.15) is 0 Å². The summed E-state index contributed by atoms with van der Waals surface area (Å²) < 4.78 is 33.3. The van der Waals surface area contributed by atoms with Crippen LogP contribution in [0.2, 0.25) is 0 Å². The van der Waals surface area contributed by atoms with Gasteiger partial charge in [-0.25, -0.2) is 0 Å². The second-order valence-electron chi connectivity index (χ2n) is 7.15. The predicted molar refractivity (Wildman–Crippen MR) is 103 cm³/mol. The van der Waals surface area contributed by atoms with Gasteiger partial charge in [0.25, 0.3) is 0 Å². The summed E-state index contributed by atoms with van der Waals surface area (Å²) in [4.78, 5) is 0. The van der Waals surface area contributed by atoms with Crippen LogP contribution in [0.4, 0.5) is 0 Å². The summed E-state index contributed by atoms with van der Waals surface area (Å²) in [6.07, 6.45) is 1.53. The van der Waals surface area contributed by atoms with E-state index < -0.39 is 0 Å². The minimum absolute atomic E-state index is 0.212. The Morgan fingerprint density at radius 3 is 2.39 bits per heavy atom. The van der Waals surface area contributed by atoms with E-state index >= 15 is 0 Å². The molecule has 0 N–H and O–H groups in total. The summed E-state index contributed by atoms with van der Waals surface area (Å²) in [6.45, 7) is 0.954. The van der Waals surface area contributed by atoms with Gasteiger partial charge in [-0.1, -0.05) is 12.1 Å². The van der Waals surface area contributed by atoms with Crippen LogP contribution in [-0.4, -0.2) is 41.0 Å². The van der Waals surface area contributed by atoms with Crippen molar-refractivity contribution in [3.05, 3.63) is 47.5 Å². The Labute approximate surface area is 165 Å². The predicted octanol–water partition coefficient (Wildman–Crippen LogP) is 3.45. The van der Waals surface area contributed by atoms with Crippen molar-refractivity contribution in [2.45, 2.75) is 19.1 Å². The Morgan fingerprint density at radius 2 is 1.61 bits per heavy atom. The molecule has 0 bridgehead atoms. The zero-order chi connectivity index (χ0) is 19.5. The molecule has 1 saturated heterocycles. The first-order valence-corrected chi connectivity index (χ1v) is 9.45. The van der Waals surface area contributed by atoms with Crippen molar-refractivity contribution in [3.8, 4) is 23.0 Å². The van der Waals surface area contributed by atoms with Crippen molar-refractivity contribution < 1.29 is 28.4 Å². The molecule has 4 rings (SSSR count). The molecule has 150 valence electrons. The molecule has 6 heteroatoms. The minimum Gasteiger partial charge on any atom is -0.493 e. The fraction of sp³-hybridized carbons (Fsp3) is 0.455. The molecule has 6 nitrogen and oxygen atoms in total. The van der Waals surface area contributed by atoms with Crippen molar-refractivity contribution in [2.24, 2.45) is 11.8 Å². The van der Waals surface area contributed by atoms with Gasteiger partial charge in [-0.3, -0.25) is 0 Å². The van der Waals surface area contributed by atoms with Crippen LogP contribution in [0.1, 0.15) is 11.1 Å². The Bertz CT molecular complexity index is 821. The van der Waals surface area contributed by atoms with Gasteiger partial charge in [0.05, 0.1) is 20.8 Å². The molecule has 2 aromatic carbocycles. The number of methoxy groups -OCH3 is 3. The van der Waals surface area contributed by atoms with E-state index in [9.17, 15) is 0 Å². The first kappa shape index (κ1) is 18.9. The van der Waals surface area contributed by atoms with Crippen LogP contribution in [0.5, 0.6) is 23.0 Å². The zero-order valence-electron chi connectivity index (χ0n) is 16.5. The molecule has 0 saturated carbocycles. The van der Waals surface area contributed by atoms with Crippen molar-refractivity contribution in [3.63, 3.8) is 0 Å². The maximum Gasteiger partial charge on any atom is 0.231 e. The third kappa shape index (κ3) is 3.75. The van der Waals surface area contributed by atoms with E-state index in [-0.39, 0.29) is 19.0 Å². The van der Waals surface area contributed by atoms with E-state index in [4.69, 9.17) is 28.4 Å². The summed E-state index contributed by atoms with van der Waals surface area (Å²) in [6, 6.07) is 12.2. The number of hydrogen-bond acceptors (Lipinski definition) is 6. The lowest BCUT2D eigenvalue weighted by Gasteiger charge is -2.22. The first-order chi connectivity index (χ1) is 13.7. The molecule has 0 aromatic heterocycles. The van der Waals surface area contributed by atoms with E-state index in [2.05, 4.69) is 18.2 Å². The number of fused-ring (bicyclic) bond motifs is 1. The third-order valence-electron chi connectivity index (χ3n) is 5.52. The molecule has 0 spiro atoms. The van der Waals surface area contributed by atoms with Crippen LogP contribution in [0.3, 0.4) is 0 Å². The minimum atomic E-state index is -0.212. The van der Waals surface area contributed by atoms with Crippen LogP contribution >= 0.6 is 0 Å². The number of rotatable bonds is 7. The summed E-state index contributed by atoms with van der Waals surface area (Å²) in [7, 11) is 5.01. The highest BCUT2D eigenvalue weighted by Gasteiger charge is 2.37. The van der Waals surface area contributed by atoms with Gasteiger partial charge in [0, 0.05) is 13.0 Å². The highest BCUT2D eigenvalue weighted by atomic mass is 16.7. The van der Waals surface area contributed by atoms with Gasteiger partial charge in [0.15, 0.2) is 29.3 Å². The van der Waals surface area contributed by atoms with Crippen molar-refractivity contribution in [1.29, 1.82) is 0 Å². The second kappa shape index (κ2) is 8.29. The average Bonchev–Trinajstić information content (AvgIpc) is 3.34. The average molecular weight is 386 g/mol. The lowest BCUT2D eigenvalue weighted by Crippen LogP contribution is -2.25. The van der Waals surface area contributed by atoms with E-state index in [1.165, 1.54) is 11.1 Å². The number of ether oxygens (including phenoxy) is 6. The molecule has 28 heavy (non-hydrogen) atoms.